The van der Waals surface area contributed by atoms with Gasteiger partial charge < -0.3 is 5.32 Å². The van der Waals surface area contributed by atoms with Gasteiger partial charge in [-0.1, -0.05) is 36.8 Å². The van der Waals surface area contributed by atoms with Crippen molar-refractivity contribution in [3.63, 3.8) is 0 Å². The minimum atomic E-state index is -3.55. The first-order chi connectivity index (χ1) is 11.9. The Bertz CT molecular complexity index is 813. The van der Waals surface area contributed by atoms with Crippen LogP contribution in [0.3, 0.4) is 0 Å². The Morgan fingerprint density at radius 3 is 2.12 bits per heavy atom. The van der Waals surface area contributed by atoms with Crippen LogP contribution in [0, 0.1) is 6.92 Å². The van der Waals surface area contributed by atoms with Crippen LogP contribution < -0.4 is 5.32 Å². The molecule has 2 aromatic carbocycles. The van der Waals surface area contributed by atoms with E-state index in [2.05, 4.69) is 5.32 Å². The summed E-state index contributed by atoms with van der Waals surface area (Å²) < 4.78 is 27.0. The van der Waals surface area contributed by atoms with E-state index in [1.807, 2.05) is 20.8 Å². The Morgan fingerprint density at radius 1 is 1.00 bits per heavy atom. The first kappa shape index (κ1) is 19.1. The summed E-state index contributed by atoms with van der Waals surface area (Å²) in [5.74, 6) is -0.131. The molecular formula is C19H24N2O3S. The van der Waals surface area contributed by atoms with Crippen LogP contribution in [0.4, 0.5) is 0 Å². The molecule has 0 saturated carbocycles. The van der Waals surface area contributed by atoms with Gasteiger partial charge in [0.2, 0.25) is 10.0 Å². The number of hydrogen-bond donors (Lipinski definition) is 1. The smallest absolute Gasteiger partial charge is 0.251 e. The van der Waals surface area contributed by atoms with Gasteiger partial charge in [0, 0.05) is 25.2 Å². The largest absolute Gasteiger partial charge is 0.352 e. The molecular weight excluding hydrogens is 336 g/mol. The number of aryl methyl sites for hydroxylation is 1. The van der Waals surface area contributed by atoms with Gasteiger partial charge in [-0.05, 0) is 43.7 Å². The number of amides is 1. The predicted molar refractivity (Wildman–Crippen MR) is 98.9 cm³/mol. The third-order valence-electron chi connectivity index (χ3n) is 3.92. The van der Waals surface area contributed by atoms with Crippen LogP contribution in [0.25, 0.3) is 0 Å². The average Bonchev–Trinajstić information content (AvgIpc) is 2.60. The Balaban J connectivity index is 2.18. The van der Waals surface area contributed by atoms with E-state index in [0.29, 0.717) is 23.5 Å². The van der Waals surface area contributed by atoms with E-state index in [-0.39, 0.29) is 12.5 Å². The Hall–Kier alpha value is -2.18. The highest BCUT2D eigenvalue weighted by Gasteiger charge is 2.23. The lowest BCUT2D eigenvalue weighted by Gasteiger charge is -2.21. The van der Waals surface area contributed by atoms with Crippen molar-refractivity contribution in [1.82, 2.24) is 9.62 Å². The molecule has 0 saturated heterocycles. The Kier molecular flexibility index (Phi) is 6.33. The highest BCUT2D eigenvalue weighted by molar-refractivity contribution is 7.89. The summed E-state index contributed by atoms with van der Waals surface area (Å²) in [5, 5.41) is 2.74. The molecule has 2 aromatic rings. The van der Waals surface area contributed by atoms with Gasteiger partial charge in [0.1, 0.15) is 0 Å². The van der Waals surface area contributed by atoms with Crippen LogP contribution in [-0.2, 0) is 16.6 Å². The third-order valence-corrected chi connectivity index (χ3v) is 5.86. The lowest BCUT2D eigenvalue weighted by molar-refractivity contribution is 0.0956. The van der Waals surface area contributed by atoms with Crippen molar-refractivity contribution in [1.29, 1.82) is 0 Å². The zero-order chi connectivity index (χ0) is 18.4. The third kappa shape index (κ3) is 4.67. The van der Waals surface area contributed by atoms with Crippen LogP contribution in [0.15, 0.2) is 53.4 Å². The van der Waals surface area contributed by atoms with E-state index in [1.54, 1.807) is 48.5 Å². The van der Waals surface area contributed by atoms with E-state index < -0.39 is 10.0 Å². The van der Waals surface area contributed by atoms with E-state index in [4.69, 9.17) is 0 Å². The van der Waals surface area contributed by atoms with Crippen molar-refractivity contribution in [2.24, 2.45) is 0 Å². The molecule has 0 aliphatic heterocycles. The summed E-state index contributed by atoms with van der Waals surface area (Å²) in [4.78, 5) is 12.1. The Morgan fingerprint density at radius 2 is 1.60 bits per heavy atom. The minimum absolute atomic E-state index is 0.131. The van der Waals surface area contributed by atoms with Gasteiger partial charge in [0.25, 0.3) is 5.91 Å². The number of carbonyl (C=O) groups is 1. The van der Waals surface area contributed by atoms with Crippen molar-refractivity contribution in [2.45, 2.75) is 32.2 Å². The van der Waals surface area contributed by atoms with Crippen molar-refractivity contribution >= 4 is 15.9 Å². The topological polar surface area (TPSA) is 66.5 Å². The molecule has 134 valence electrons. The molecule has 0 atom stereocenters. The second kappa shape index (κ2) is 8.27. The number of hydrogen-bond acceptors (Lipinski definition) is 3. The molecule has 6 heteroatoms. The molecule has 0 aliphatic rings. The number of rotatable bonds is 7. The molecule has 1 amide bonds. The van der Waals surface area contributed by atoms with Gasteiger partial charge in [-0.3, -0.25) is 4.79 Å². The number of carbonyl (C=O) groups excluding carboxylic acids is 1. The minimum Gasteiger partial charge on any atom is -0.352 e. The quantitative estimate of drug-likeness (QED) is 0.825. The molecule has 1 N–H and O–H groups in total. The van der Waals surface area contributed by atoms with Crippen molar-refractivity contribution < 1.29 is 13.2 Å². The molecule has 0 fully saturated rings. The maximum absolute atomic E-state index is 12.8. The van der Waals surface area contributed by atoms with Gasteiger partial charge in [0.05, 0.1) is 4.90 Å². The fourth-order valence-electron chi connectivity index (χ4n) is 2.45. The standard InChI is InChI=1S/C19H24N2O3S/c1-4-20-19(22)17-10-8-16(9-11-17)14-21(5-2)25(23,24)18-12-6-15(3)7-13-18/h6-13H,4-5,14H2,1-3H3,(H,20,22). The summed E-state index contributed by atoms with van der Waals surface area (Å²) in [6.07, 6.45) is 0. The zero-order valence-corrected chi connectivity index (χ0v) is 15.6. The molecule has 0 aliphatic carbocycles. The second-order valence-corrected chi connectivity index (χ2v) is 7.74. The summed E-state index contributed by atoms with van der Waals surface area (Å²) in [6.45, 7) is 6.80. The predicted octanol–water partition coefficient (Wildman–Crippen LogP) is 2.96. The molecule has 0 bridgehead atoms. The lowest BCUT2D eigenvalue weighted by Crippen LogP contribution is -2.30. The highest BCUT2D eigenvalue weighted by Crippen LogP contribution is 2.19. The van der Waals surface area contributed by atoms with Crippen molar-refractivity contribution in [3.8, 4) is 0 Å². The van der Waals surface area contributed by atoms with Crippen molar-refractivity contribution in [2.75, 3.05) is 13.1 Å². The molecule has 2 rings (SSSR count). The van der Waals surface area contributed by atoms with Gasteiger partial charge in [-0.25, -0.2) is 8.42 Å². The van der Waals surface area contributed by atoms with E-state index in [0.717, 1.165) is 11.1 Å². The van der Waals surface area contributed by atoms with Crippen LogP contribution in [0.2, 0.25) is 0 Å². The highest BCUT2D eigenvalue weighted by atomic mass is 32.2. The summed E-state index contributed by atoms with van der Waals surface area (Å²) in [7, 11) is -3.55. The first-order valence-corrected chi connectivity index (χ1v) is 9.76. The second-order valence-electron chi connectivity index (χ2n) is 5.80. The number of benzene rings is 2. The monoisotopic (exact) mass is 360 g/mol. The Labute approximate surface area is 149 Å². The van der Waals surface area contributed by atoms with Gasteiger partial charge in [-0.2, -0.15) is 4.31 Å². The number of sulfonamides is 1. The normalized spacial score (nSPS) is 11.5. The maximum Gasteiger partial charge on any atom is 0.251 e. The molecule has 0 heterocycles. The van der Waals surface area contributed by atoms with E-state index >= 15 is 0 Å². The number of nitrogens with one attached hydrogen (secondary N) is 1. The average molecular weight is 360 g/mol. The van der Waals surface area contributed by atoms with Gasteiger partial charge in [-0.15, -0.1) is 0 Å². The lowest BCUT2D eigenvalue weighted by atomic mass is 10.1. The summed E-state index contributed by atoms with van der Waals surface area (Å²) in [5.41, 5.74) is 2.42. The van der Waals surface area contributed by atoms with Gasteiger partial charge in [0.15, 0.2) is 0 Å². The molecule has 0 aromatic heterocycles. The van der Waals surface area contributed by atoms with Crippen LogP contribution >= 0.6 is 0 Å². The first-order valence-electron chi connectivity index (χ1n) is 8.32. The fourth-order valence-corrected chi connectivity index (χ4v) is 3.89. The summed E-state index contributed by atoms with van der Waals surface area (Å²) >= 11 is 0. The van der Waals surface area contributed by atoms with E-state index in [9.17, 15) is 13.2 Å². The number of nitrogens with zero attached hydrogens (tertiary/aromatic N) is 1. The SMILES string of the molecule is CCNC(=O)c1ccc(CN(CC)S(=O)(=O)c2ccc(C)cc2)cc1. The van der Waals surface area contributed by atoms with Crippen LogP contribution in [-0.4, -0.2) is 31.7 Å². The zero-order valence-electron chi connectivity index (χ0n) is 14.8. The van der Waals surface area contributed by atoms with Crippen molar-refractivity contribution in [3.05, 3.63) is 65.2 Å². The van der Waals surface area contributed by atoms with Crippen LogP contribution in [0.1, 0.15) is 35.3 Å². The van der Waals surface area contributed by atoms with Gasteiger partial charge >= 0.3 is 0 Å². The fraction of sp³-hybridized carbons (Fsp3) is 0.316. The molecule has 0 spiro atoms. The maximum atomic E-state index is 12.8. The van der Waals surface area contributed by atoms with E-state index in [1.165, 1.54) is 4.31 Å². The summed E-state index contributed by atoms with van der Waals surface area (Å²) in [6, 6.07) is 13.9. The molecule has 0 unspecified atom stereocenters. The molecule has 0 radical (unpaired) electrons. The molecule has 5 nitrogen and oxygen atoms in total. The molecule has 25 heavy (non-hydrogen) atoms. The van der Waals surface area contributed by atoms with Crippen LogP contribution in [0.5, 0.6) is 0 Å².